The normalized spacial score (nSPS) is 14.2. The Balaban J connectivity index is 1.51. The predicted octanol–water partition coefficient (Wildman–Crippen LogP) is 3.70. The molecule has 0 spiro atoms. The van der Waals surface area contributed by atoms with Gasteiger partial charge in [0.25, 0.3) is 5.56 Å². The molecule has 0 saturated carbocycles. The van der Waals surface area contributed by atoms with Crippen molar-refractivity contribution in [2.75, 3.05) is 7.05 Å². The standard InChI is InChI=1S/C21H19N3O4S2/c1-22-30(26,27)13-8-6-12(7-9-13)15-10-11-16(28-15)19-23-20(25)18-14-4-2-3-5-17(14)29-21(18)24-19/h6-11,22H,2-5H2,1H3,(H,23,24,25). The third kappa shape index (κ3) is 3.19. The third-order valence-corrected chi connectivity index (χ3v) is 8.00. The zero-order valence-electron chi connectivity index (χ0n) is 16.2. The Labute approximate surface area is 176 Å². The predicted molar refractivity (Wildman–Crippen MR) is 116 cm³/mol. The van der Waals surface area contributed by atoms with E-state index in [0.717, 1.165) is 41.6 Å². The summed E-state index contributed by atoms with van der Waals surface area (Å²) in [5.41, 5.74) is 1.75. The molecule has 0 bridgehead atoms. The van der Waals surface area contributed by atoms with Crippen LogP contribution in [0, 0.1) is 0 Å². The lowest BCUT2D eigenvalue weighted by atomic mass is 9.97. The van der Waals surface area contributed by atoms with Crippen molar-refractivity contribution in [1.82, 2.24) is 14.7 Å². The Morgan fingerprint density at radius 1 is 1.07 bits per heavy atom. The average molecular weight is 442 g/mol. The van der Waals surface area contributed by atoms with Crippen molar-refractivity contribution in [1.29, 1.82) is 0 Å². The van der Waals surface area contributed by atoms with E-state index in [1.54, 1.807) is 35.6 Å². The molecule has 0 radical (unpaired) electrons. The van der Waals surface area contributed by atoms with E-state index in [0.29, 0.717) is 22.7 Å². The van der Waals surface area contributed by atoms with Crippen molar-refractivity contribution in [2.45, 2.75) is 30.6 Å². The average Bonchev–Trinajstić information content (AvgIpc) is 3.39. The Kier molecular flexibility index (Phi) is 4.61. The van der Waals surface area contributed by atoms with E-state index >= 15 is 0 Å². The Bertz CT molecular complexity index is 1410. The quantitative estimate of drug-likeness (QED) is 0.502. The third-order valence-electron chi connectivity index (χ3n) is 5.38. The van der Waals surface area contributed by atoms with Crippen molar-refractivity contribution in [3.63, 3.8) is 0 Å². The molecular weight excluding hydrogens is 422 g/mol. The second-order valence-electron chi connectivity index (χ2n) is 7.20. The van der Waals surface area contributed by atoms with E-state index < -0.39 is 10.0 Å². The molecule has 0 atom stereocenters. The fourth-order valence-electron chi connectivity index (χ4n) is 3.82. The summed E-state index contributed by atoms with van der Waals surface area (Å²) in [5.74, 6) is 1.42. The van der Waals surface area contributed by atoms with Crippen LogP contribution in [0.4, 0.5) is 0 Å². The van der Waals surface area contributed by atoms with Gasteiger partial charge < -0.3 is 9.40 Å². The molecule has 1 aliphatic rings. The highest BCUT2D eigenvalue weighted by atomic mass is 32.2. The molecule has 30 heavy (non-hydrogen) atoms. The summed E-state index contributed by atoms with van der Waals surface area (Å²) in [7, 11) is -2.12. The molecule has 1 aromatic carbocycles. The Morgan fingerprint density at radius 2 is 1.80 bits per heavy atom. The first-order chi connectivity index (χ1) is 14.5. The van der Waals surface area contributed by atoms with Crippen molar-refractivity contribution in [2.24, 2.45) is 0 Å². The molecule has 0 fully saturated rings. The molecule has 3 heterocycles. The van der Waals surface area contributed by atoms with Crippen LogP contribution in [0.1, 0.15) is 23.3 Å². The van der Waals surface area contributed by atoms with Crippen molar-refractivity contribution in [3.05, 3.63) is 57.2 Å². The first-order valence-electron chi connectivity index (χ1n) is 9.65. The van der Waals surface area contributed by atoms with Gasteiger partial charge in [-0.05, 0) is 74.7 Å². The maximum atomic E-state index is 12.7. The van der Waals surface area contributed by atoms with Gasteiger partial charge in [-0.15, -0.1) is 11.3 Å². The minimum absolute atomic E-state index is 0.131. The number of benzene rings is 1. The number of nitrogens with zero attached hydrogens (tertiary/aromatic N) is 1. The van der Waals surface area contributed by atoms with Crippen LogP contribution < -0.4 is 10.3 Å². The van der Waals surface area contributed by atoms with Crippen LogP contribution in [0.5, 0.6) is 0 Å². The molecule has 0 amide bonds. The van der Waals surface area contributed by atoms with Gasteiger partial charge in [0.2, 0.25) is 10.0 Å². The first-order valence-corrected chi connectivity index (χ1v) is 11.9. The van der Waals surface area contributed by atoms with Crippen LogP contribution in [0.3, 0.4) is 0 Å². The van der Waals surface area contributed by atoms with E-state index in [1.165, 1.54) is 24.1 Å². The summed E-state index contributed by atoms with van der Waals surface area (Å²) < 4.78 is 32.0. The molecule has 2 N–H and O–H groups in total. The zero-order chi connectivity index (χ0) is 20.9. The van der Waals surface area contributed by atoms with Gasteiger partial charge in [-0.25, -0.2) is 18.1 Å². The highest BCUT2D eigenvalue weighted by Gasteiger charge is 2.21. The number of furan rings is 1. The molecule has 1 aliphatic carbocycles. The van der Waals surface area contributed by atoms with Crippen molar-refractivity contribution >= 4 is 31.6 Å². The van der Waals surface area contributed by atoms with E-state index in [-0.39, 0.29) is 10.5 Å². The van der Waals surface area contributed by atoms with Crippen LogP contribution in [-0.2, 0) is 22.9 Å². The number of rotatable bonds is 4. The van der Waals surface area contributed by atoms with Gasteiger partial charge in [-0.1, -0.05) is 0 Å². The molecule has 154 valence electrons. The van der Waals surface area contributed by atoms with E-state index in [1.807, 2.05) is 0 Å². The maximum absolute atomic E-state index is 12.7. The summed E-state index contributed by atoms with van der Waals surface area (Å²) >= 11 is 1.60. The number of aromatic amines is 1. The highest BCUT2D eigenvalue weighted by molar-refractivity contribution is 7.89. The van der Waals surface area contributed by atoms with Gasteiger partial charge >= 0.3 is 0 Å². The van der Waals surface area contributed by atoms with Gasteiger partial charge in [0.05, 0.1) is 10.3 Å². The molecule has 4 aromatic rings. The van der Waals surface area contributed by atoms with E-state index in [4.69, 9.17) is 4.42 Å². The maximum Gasteiger partial charge on any atom is 0.260 e. The molecule has 0 unspecified atom stereocenters. The number of aryl methyl sites for hydroxylation is 2. The summed E-state index contributed by atoms with van der Waals surface area (Å²) in [4.78, 5) is 22.5. The Morgan fingerprint density at radius 3 is 2.57 bits per heavy atom. The molecule has 3 aromatic heterocycles. The summed E-state index contributed by atoms with van der Waals surface area (Å²) in [6.07, 6.45) is 4.20. The number of fused-ring (bicyclic) bond motifs is 3. The van der Waals surface area contributed by atoms with Crippen LogP contribution >= 0.6 is 11.3 Å². The van der Waals surface area contributed by atoms with E-state index in [2.05, 4.69) is 14.7 Å². The van der Waals surface area contributed by atoms with Crippen molar-refractivity contribution < 1.29 is 12.8 Å². The smallest absolute Gasteiger partial charge is 0.260 e. The van der Waals surface area contributed by atoms with Crippen LogP contribution in [0.25, 0.3) is 33.1 Å². The van der Waals surface area contributed by atoms with Gasteiger partial charge in [0, 0.05) is 10.4 Å². The van der Waals surface area contributed by atoms with Gasteiger partial charge in [-0.3, -0.25) is 4.79 Å². The second-order valence-corrected chi connectivity index (χ2v) is 10.2. The molecule has 0 aliphatic heterocycles. The summed E-state index contributed by atoms with van der Waals surface area (Å²) in [6.45, 7) is 0. The number of aromatic nitrogens is 2. The minimum atomic E-state index is -3.49. The number of sulfonamides is 1. The summed E-state index contributed by atoms with van der Waals surface area (Å²) in [5, 5.41) is 0.714. The number of hydrogen-bond acceptors (Lipinski definition) is 6. The van der Waals surface area contributed by atoms with Crippen LogP contribution in [0.15, 0.2) is 50.5 Å². The van der Waals surface area contributed by atoms with Crippen molar-refractivity contribution in [3.8, 4) is 22.9 Å². The lowest BCUT2D eigenvalue weighted by molar-refractivity contribution is 0.587. The van der Waals surface area contributed by atoms with Gasteiger partial charge in [0.15, 0.2) is 11.6 Å². The first kappa shape index (κ1) is 19.2. The molecule has 5 rings (SSSR count). The molecule has 7 nitrogen and oxygen atoms in total. The number of thiophene rings is 1. The minimum Gasteiger partial charge on any atom is -0.453 e. The lowest BCUT2D eigenvalue weighted by Gasteiger charge is -2.09. The monoisotopic (exact) mass is 441 g/mol. The fourth-order valence-corrected chi connectivity index (χ4v) is 5.81. The fraction of sp³-hybridized carbons (Fsp3) is 0.238. The topological polar surface area (TPSA) is 105 Å². The SMILES string of the molecule is CNS(=O)(=O)c1ccc(-c2ccc(-c3nc4sc5c(c4c(=O)[nH]3)CCCC5)o2)cc1. The van der Waals surface area contributed by atoms with Gasteiger partial charge in [0.1, 0.15) is 10.6 Å². The lowest BCUT2D eigenvalue weighted by Crippen LogP contribution is -2.18. The molecule has 0 saturated heterocycles. The number of nitrogens with one attached hydrogen (secondary N) is 2. The number of hydrogen-bond donors (Lipinski definition) is 2. The zero-order valence-corrected chi connectivity index (χ0v) is 17.8. The highest BCUT2D eigenvalue weighted by Crippen LogP contribution is 2.35. The van der Waals surface area contributed by atoms with Crippen LogP contribution in [-0.4, -0.2) is 25.4 Å². The molecule has 9 heteroatoms. The van der Waals surface area contributed by atoms with Crippen LogP contribution in [0.2, 0.25) is 0 Å². The van der Waals surface area contributed by atoms with Gasteiger partial charge in [-0.2, -0.15) is 0 Å². The summed E-state index contributed by atoms with van der Waals surface area (Å²) in [6, 6.07) is 9.93. The Hall–Kier alpha value is -2.75. The molecular formula is C21H19N3O4S2. The van der Waals surface area contributed by atoms with E-state index in [9.17, 15) is 13.2 Å². The number of H-pyrrole nitrogens is 1. The largest absolute Gasteiger partial charge is 0.453 e. The second kappa shape index (κ2) is 7.19.